The first-order valence-electron chi connectivity index (χ1n) is 16.8. The molecule has 0 aliphatic heterocycles. The molecule has 0 aromatic carbocycles. The first-order chi connectivity index (χ1) is 17.1. The van der Waals surface area contributed by atoms with Gasteiger partial charge in [0.05, 0.1) is 0 Å². The molecule has 0 aromatic heterocycles. The van der Waals surface area contributed by atoms with Crippen LogP contribution in [0.2, 0.25) is 0 Å². The van der Waals surface area contributed by atoms with E-state index in [0.717, 1.165) is 6.04 Å². The quantitative estimate of drug-likeness (QED) is 0.102. The maximum atomic E-state index is 2.50. The lowest BCUT2D eigenvalue weighted by molar-refractivity contribution is 0.251. The summed E-state index contributed by atoms with van der Waals surface area (Å²) < 4.78 is 0. The van der Waals surface area contributed by atoms with Crippen molar-refractivity contribution in [3.8, 4) is 0 Å². The summed E-state index contributed by atoms with van der Waals surface area (Å²) in [6, 6.07) is 0.821. The van der Waals surface area contributed by atoms with Crippen molar-refractivity contribution >= 4 is 0 Å². The summed E-state index contributed by atoms with van der Waals surface area (Å²) >= 11 is 0. The molecule has 214 valence electrons. The van der Waals surface area contributed by atoms with Gasteiger partial charge in [0.15, 0.2) is 0 Å². The van der Waals surface area contributed by atoms with Gasteiger partial charge in [0, 0.05) is 6.04 Å². The summed E-state index contributed by atoms with van der Waals surface area (Å²) in [7, 11) is 4.59. The fraction of sp³-hybridized carbons (Fsp3) is 1.00. The van der Waals surface area contributed by atoms with Gasteiger partial charge >= 0.3 is 0 Å². The van der Waals surface area contributed by atoms with Gasteiger partial charge in [0.1, 0.15) is 0 Å². The second kappa shape index (κ2) is 34.0. The largest absolute Gasteiger partial charge is 0.306 e. The zero-order valence-electron chi connectivity index (χ0n) is 26.1. The molecule has 0 atom stereocenters. The molecule has 0 radical (unpaired) electrons. The molecule has 0 unspecified atom stereocenters. The van der Waals surface area contributed by atoms with Crippen LogP contribution in [-0.2, 0) is 0 Å². The predicted octanol–water partition coefficient (Wildman–Crippen LogP) is 12.5. The normalized spacial score (nSPS) is 11.3. The molecule has 0 aliphatic carbocycles. The van der Waals surface area contributed by atoms with E-state index in [0.29, 0.717) is 0 Å². The van der Waals surface area contributed by atoms with Crippen molar-refractivity contribution in [2.24, 2.45) is 0 Å². The topological polar surface area (TPSA) is 3.24 Å². The molecule has 0 heterocycles. The van der Waals surface area contributed by atoms with Gasteiger partial charge in [-0.05, 0) is 26.9 Å². The van der Waals surface area contributed by atoms with Crippen LogP contribution in [0.5, 0.6) is 0 Å². The summed E-state index contributed by atoms with van der Waals surface area (Å²) in [5.41, 5.74) is 0. The van der Waals surface area contributed by atoms with Crippen LogP contribution < -0.4 is 0 Å². The Hall–Kier alpha value is -0.0400. The third-order valence-corrected chi connectivity index (χ3v) is 7.51. The second-order valence-corrected chi connectivity index (χ2v) is 11.7. The van der Waals surface area contributed by atoms with Crippen molar-refractivity contribution in [1.82, 2.24) is 4.90 Å². The van der Waals surface area contributed by atoms with Crippen molar-refractivity contribution in [3.05, 3.63) is 0 Å². The lowest BCUT2D eigenvalue weighted by Crippen LogP contribution is -2.27. The van der Waals surface area contributed by atoms with E-state index >= 15 is 0 Å². The Balaban J connectivity index is 0. The van der Waals surface area contributed by atoms with E-state index in [1.807, 2.05) is 0 Å². The van der Waals surface area contributed by atoms with Crippen LogP contribution in [-0.4, -0.2) is 25.0 Å². The molecule has 0 rings (SSSR count). The highest BCUT2D eigenvalue weighted by atomic mass is 15.1. The highest BCUT2D eigenvalue weighted by molar-refractivity contribution is 4.67. The molecule has 1 nitrogen and oxygen atoms in total. The first kappa shape index (κ1) is 37.1. The van der Waals surface area contributed by atoms with E-state index in [9.17, 15) is 0 Å². The molecule has 0 spiro atoms. The molecule has 0 saturated carbocycles. The average Bonchev–Trinajstić information content (AvgIpc) is 2.84. The van der Waals surface area contributed by atoms with E-state index in [1.165, 1.54) is 173 Å². The Morgan fingerprint density at radius 2 is 0.543 bits per heavy atom. The molecule has 0 N–H and O–H groups in total. The fourth-order valence-electron chi connectivity index (χ4n) is 5.10. The second-order valence-electron chi connectivity index (χ2n) is 11.7. The Bertz CT molecular complexity index is 309. The molecule has 0 aromatic rings. The van der Waals surface area contributed by atoms with Crippen LogP contribution >= 0.6 is 0 Å². The van der Waals surface area contributed by atoms with Crippen LogP contribution in [0.3, 0.4) is 0 Å². The third-order valence-electron chi connectivity index (χ3n) is 7.51. The first-order valence-corrected chi connectivity index (χ1v) is 16.8. The van der Waals surface area contributed by atoms with Crippen LogP contribution in [0.1, 0.15) is 201 Å². The monoisotopic (exact) mass is 496 g/mol. The maximum absolute atomic E-state index is 2.50. The third kappa shape index (κ3) is 34.0. The molecule has 0 bridgehead atoms. The minimum absolute atomic E-state index is 0.821. The summed E-state index contributed by atoms with van der Waals surface area (Å²) in [6.45, 7) is 8.86. The summed E-state index contributed by atoms with van der Waals surface area (Å²) in [6.07, 6.45) is 39.1. The molecule has 0 saturated heterocycles. The van der Waals surface area contributed by atoms with Crippen LogP contribution in [0.15, 0.2) is 0 Å². The molecule has 0 fully saturated rings. The van der Waals surface area contributed by atoms with Crippen LogP contribution in [0.25, 0.3) is 0 Å². The van der Waals surface area contributed by atoms with Crippen LogP contribution in [0, 0.1) is 0 Å². The van der Waals surface area contributed by atoms with Gasteiger partial charge in [-0.3, -0.25) is 0 Å². The number of rotatable bonds is 27. The van der Waals surface area contributed by atoms with E-state index in [-0.39, 0.29) is 0 Å². The van der Waals surface area contributed by atoms with Gasteiger partial charge in [-0.2, -0.15) is 0 Å². The predicted molar refractivity (Wildman–Crippen MR) is 165 cm³/mol. The van der Waals surface area contributed by atoms with Gasteiger partial charge in [-0.15, -0.1) is 0 Å². The lowest BCUT2D eigenvalue weighted by Gasteiger charge is -2.24. The molecular formula is C34H73N. The zero-order chi connectivity index (χ0) is 26.2. The number of hydrogen-bond donors (Lipinski definition) is 0. The Labute approximate surface area is 226 Å². The minimum Gasteiger partial charge on any atom is -0.306 e. The average molecular weight is 496 g/mol. The van der Waals surface area contributed by atoms with Crippen molar-refractivity contribution in [2.45, 2.75) is 207 Å². The standard InChI is InChI=1S/C31H65N.C3H8/c1-5-7-9-11-13-15-17-19-21-23-25-27-29-31(32(3)4)30-28-26-24-22-20-18-16-14-12-10-8-6-2;1-3-2/h31H,5-30H2,1-4H3;3H2,1-2H3. The molecular weight excluding hydrogens is 422 g/mol. The maximum Gasteiger partial charge on any atom is 0.00891 e. The Kier molecular flexibility index (Phi) is 36.0. The van der Waals surface area contributed by atoms with Gasteiger partial charge < -0.3 is 4.90 Å². The van der Waals surface area contributed by atoms with Crippen molar-refractivity contribution in [1.29, 1.82) is 0 Å². The summed E-state index contributed by atoms with van der Waals surface area (Å²) in [5.74, 6) is 0. The smallest absolute Gasteiger partial charge is 0.00891 e. The Morgan fingerprint density at radius 3 is 0.743 bits per heavy atom. The zero-order valence-corrected chi connectivity index (χ0v) is 26.1. The SMILES string of the molecule is CCC.CCCCCCCCCCCCCCC(CCCCCCCCCCCCCC)N(C)C. The fourth-order valence-corrected chi connectivity index (χ4v) is 5.10. The molecule has 35 heavy (non-hydrogen) atoms. The highest BCUT2D eigenvalue weighted by Gasteiger charge is 2.10. The van der Waals surface area contributed by atoms with Gasteiger partial charge in [-0.1, -0.05) is 188 Å². The van der Waals surface area contributed by atoms with E-state index in [4.69, 9.17) is 0 Å². The van der Waals surface area contributed by atoms with Crippen molar-refractivity contribution in [2.75, 3.05) is 14.1 Å². The van der Waals surface area contributed by atoms with Crippen molar-refractivity contribution in [3.63, 3.8) is 0 Å². The molecule has 0 aliphatic rings. The lowest BCUT2D eigenvalue weighted by atomic mass is 9.99. The highest BCUT2D eigenvalue weighted by Crippen LogP contribution is 2.18. The number of unbranched alkanes of at least 4 members (excludes halogenated alkanes) is 22. The van der Waals surface area contributed by atoms with E-state index in [2.05, 4.69) is 46.7 Å². The van der Waals surface area contributed by atoms with Crippen LogP contribution in [0.4, 0.5) is 0 Å². The summed E-state index contributed by atoms with van der Waals surface area (Å²) in [5, 5.41) is 0. The Morgan fingerprint density at radius 1 is 0.343 bits per heavy atom. The van der Waals surface area contributed by atoms with E-state index in [1.54, 1.807) is 0 Å². The number of nitrogens with zero attached hydrogens (tertiary/aromatic N) is 1. The van der Waals surface area contributed by atoms with E-state index < -0.39 is 0 Å². The minimum atomic E-state index is 0.821. The van der Waals surface area contributed by atoms with Gasteiger partial charge in [-0.25, -0.2) is 0 Å². The molecule has 0 amide bonds. The summed E-state index contributed by atoms with van der Waals surface area (Å²) in [4.78, 5) is 2.50. The van der Waals surface area contributed by atoms with Gasteiger partial charge in [0.2, 0.25) is 0 Å². The van der Waals surface area contributed by atoms with Crippen molar-refractivity contribution < 1.29 is 0 Å². The van der Waals surface area contributed by atoms with Gasteiger partial charge in [0.25, 0.3) is 0 Å². The number of hydrogen-bond acceptors (Lipinski definition) is 1. The molecule has 1 heteroatoms.